The summed E-state index contributed by atoms with van der Waals surface area (Å²) >= 11 is 9.11. The quantitative estimate of drug-likeness (QED) is 0.146. The van der Waals surface area contributed by atoms with Crippen molar-refractivity contribution in [2.24, 2.45) is 0 Å². The normalized spacial score (nSPS) is 13.6. The number of hydrogen-bond donors (Lipinski definition) is 0. The molecular formula is C30H21BrN2O3S. The van der Waals surface area contributed by atoms with Crippen molar-refractivity contribution < 1.29 is 14.3 Å². The van der Waals surface area contributed by atoms with E-state index in [0.717, 1.165) is 10.0 Å². The lowest BCUT2D eigenvalue weighted by Gasteiger charge is -2.36. The molecule has 0 bridgehead atoms. The molecule has 0 saturated carbocycles. The Hall–Kier alpha value is -4.07. The highest BCUT2D eigenvalue weighted by Gasteiger charge is 2.41. The van der Waals surface area contributed by atoms with Crippen molar-refractivity contribution in [2.75, 3.05) is 9.80 Å². The van der Waals surface area contributed by atoms with Gasteiger partial charge in [-0.2, -0.15) is 0 Å². The van der Waals surface area contributed by atoms with E-state index in [1.807, 2.05) is 84.9 Å². The summed E-state index contributed by atoms with van der Waals surface area (Å²) in [6.07, 6.45) is 1.58. The molecule has 5 nitrogen and oxygen atoms in total. The highest BCUT2D eigenvalue weighted by atomic mass is 79.9. The van der Waals surface area contributed by atoms with Gasteiger partial charge in [0.2, 0.25) is 0 Å². The smallest absolute Gasteiger partial charge is 0.270 e. The number of nitrogens with zero attached hydrogens (tertiary/aromatic N) is 2. The second kappa shape index (κ2) is 10.9. The lowest BCUT2D eigenvalue weighted by atomic mass is 10.0. The van der Waals surface area contributed by atoms with Gasteiger partial charge in [-0.3, -0.25) is 19.4 Å². The molecular weight excluding hydrogens is 548 g/mol. The Balaban J connectivity index is 1.55. The van der Waals surface area contributed by atoms with E-state index < -0.39 is 11.8 Å². The molecule has 0 atom stereocenters. The number of halogens is 1. The van der Waals surface area contributed by atoms with Crippen molar-refractivity contribution in [3.63, 3.8) is 0 Å². The summed E-state index contributed by atoms with van der Waals surface area (Å²) in [4.78, 5) is 30.2. The van der Waals surface area contributed by atoms with E-state index in [1.54, 1.807) is 30.3 Å². The minimum absolute atomic E-state index is 0.0130. The first-order chi connectivity index (χ1) is 18.0. The van der Waals surface area contributed by atoms with Crippen LogP contribution in [0.4, 0.5) is 11.4 Å². The van der Waals surface area contributed by atoms with Gasteiger partial charge < -0.3 is 4.74 Å². The average molecular weight is 569 g/mol. The van der Waals surface area contributed by atoms with Gasteiger partial charge in [0.1, 0.15) is 17.9 Å². The monoisotopic (exact) mass is 568 g/mol. The Morgan fingerprint density at radius 2 is 1.22 bits per heavy atom. The fraction of sp³-hybridized carbons (Fsp3) is 0.0333. The van der Waals surface area contributed by atoms with Gasteiger partial charge in [0.15, 0.2) is 5.11 Å². The second-order valence-electron chi connectivity index (χ2n) is 8.25. The highest BCUT2D eigenvalue weighted by molar-refractivity contribution is 9.10. The predicted molar refractivity (Wildman–Crippen MR) is 153 cm³/mol. The average Bonchev–Trinajstić information content (AvgIpc) is 2.92. The van der Waals surface area contributed by atoms with Crippen LogP contribution in [0.15, 0.2) is 119 Å². The molecule has 1 heterocycles. The molecule has 2 amide bonds. The van der Waals surface area contributed by atoms with Gasteiger partial charge in [-0.1, -0.05) is 82.7 Å². The standard InChI is InChI=1S/C30H21BrN2O3S/c31-23-17-15-21(16-18-23)20-36-27-14-8-7-9-22(27)19-26-28(34)32(24-10-3-1-4-11-24)30(37)33(29(26)35)25-12-5-2-6-13-25/h1-19H,20H2. The summed E-state index contributed by atoms with van der Waals surface area (Å²) in [5.41, 5.74) is 2.76. The largest absolute Gasteiger partial charge is 0.488 e. The van der Waals surface area contributed by atoms with E-state index in [4.69, 9.17) is 17.0 Å². The van der Waals surface area contributed by atoms with Crippen LogP contribution in [0, 0.1) is 0 Å². The number of rotatable bonds is 6. The molecule has 0 spiro atoms. The lowest BCUT2D eigenvalue weighted by molar-refractivity contribution is -0.120. The summed E-state index contributed by atoms with van der Waals surface area (Å²) in [7, 11) is 0. The molecule has 1 fully saturated rings. The molecule has 37 heavy (non-hydrogen) atoms. The Morgan fingerprint density at radius 1 is 0.703 bits per heavy atom. The number of hydrogen-bond acceptors (Lipinski definition) is 4. The zero-order chi connectivity index (χ0) is 25.8. The highest BCUT2D eigenvalue weighted by Crippen LogP contribution is 2.31. The van der Waals surface area contributed by atoms with Gasteiger partial charge in [0.25, 0.3) is 11.8 Å². The van der Waals surface area contributed by atoms with Crippen LogP contribution in [0.5, 0.6) is 5.75 Å². The van der Waals surface area contributed by atoms with Crippen LogP contribution in [0.1, 0.15) is 11.1 Å². The molecule has 1 aliphatic rings. The maximum absolute atomic E-state index is 13.7. The Bertz CT molecular complexity index is 1430. The molecule has 182 valence electrons. The summed E-state index contributed by atoms with van der Waals surface area (Å²) in [5.74, 6) is -0.420. The van der Waals surface area contributed by atoms with Gasteiger partial charge in [-0.15, -0.1) is 0 Å². The third-order valence-electron chi connectivity index (χ3n) is 5.80. The van der Waals surface area contributed by atoms with E-state index in [9.17, 15) is 9.59 Å². The van der Waals surface area contributed by atoms with Crippen molar-refractivity contribution in [1.29, 1.82) is 0 Å². The predicted octanol–water partition coefficient (Wildman–Crippen LogP) is 6.78. The molecule has 4 aromatic carbocycles. The molecule has 1 saturated heterocycles. The zero-order valence-electron chi connectivity index (χ0n) is 19.6. The fourth-order valence-electron chi connectivity index (χ4n) is 3.97. The molecule has 7 heteroatoms. The molecule has 0 aromatic heterocycles. The van der Waals surface area contributed by atoms with Crippen LogP contribution >= 0.6 is 28.1 Å². The number of benzene rings is 4. The maximum atomic E-state index is 13.7. The van der Waals surface area contributed by atoms with E-state index in [1.165, 1.54) is 9.80 Å². The molecule has 0 aliphatic carbocycles. The third-order valence-corrected chi connectivity index (χ3v) is 6.70. The fourth-order valence-corrected chi connectivity index (χ4v) is 4.61. The van der Waals surface area contributed by atoms with E-state index in [0.29, 0.717) is 29.3 Å². The van der Waals surface area contributed by atoms with Gasteiger partial charge >= 0.3 is 0 Å². The van der Waals surface area contributed by atoms with Gasteiger partial charge in [-0.25, -0.2) is 0 Å². The Morgan fingerprint density at radius 3 is 1.78 bits per heavy atom. The van der Waals surface area contributed by atoms with Crippen molar-refractivity contribution in [3.05, 3.63) is 130 Å². The Kier molecular flexibility index (Phi) is 7.25. The van der Waals surface area contributed by atoms with Crippen LogP contribution in [-0.4, -0.2) is 16.9 Å². The summed E-state index contributed by atoms with van der Waals surface area (Å²) in [6, 6.07) is 33.3. The first kappa shape index (κ1) is 24.6. The van der Waals surface area contributed by atoms with Gasteiger partial charge in [-0.05, 0) is 66.3 Å². The molecule has 1 aliphatic heterocycles. The summed E-state index contributed by atoms with van der Waals surface area (Å²) in [5, 5.41) is 0.101. The molecule has 4 aromatic rings. The number of ether oxygens (including phenoxy) is 1. The topological polar surface area (TPSA) is 49.9 Å². The van der Waals surface area contributed by atoms with Crippen molar-refractivity contribution >= 4 is 62.5 Å². The zero-order valence-corrected chi connectivity index (χ0v) is 22.0. The van der Waals surface area contributed by atoms with Crippen LogP contribution in [0.3, 0.4) is 0 Å². The second-order valence-corrected chi connectivity index (χ2v) is 9.53. The first-order valence-corrected chi connectivity index (χ1v) is 12.7. The van der Waals surface area contributed by atoms with Crippen LogP contribution < -0.4 is 14.5 Å². The minimum atomic E-state index is -0.490. The maximum Gasteiger partial charge on any atom is 0.270 e. The van der Waals surface area contributed by atoms with E-state index in [-0.39, 0.29) is 10.7 Å². The number of carbonyl (C=O) groups is 2. The molecule has 5 rings (SSSR count). The summed E-state index contributed by atoms with van der Waals surface area (Å²) in [6.45, 7) is 0.339. The van der Waals surface area contributed by atoms with E-state index >= 15 is 0 Å². The first-order valence-electron chi connectivity index (χ1n) is 11.5. The van der Waals surface area contributed by atoms with Gasteiger partial charge in [0.05, 0.1) is 11.4 Å². The SMILES string of the molecule is O=C1C(=Cc2ccccc2OCc2ccc(Br)cc2)C(=O)N(c2ccccc2)C(=S)N1c1ccccc1. The number of carbonyl (C=O) groups excluding carboxylic acids is 2. The number of amides is 2. The minimum Gasteiger partial charge on any atom is -0.488 e. The third kappa shape index (κ3) is 5.23. The number of anilines is 2. The molecule has 0 unspecified atom stereocenters. The lowest BCUT2D eigenvalue weighted by Crippen LogP contribution is -2.56. The van der Waals surface area contributed by atoms with Crippen molar-refractivity contribution in [3.8, 4) is 5.75 Å². The molecule has 0 N–H and O–H groups in total. The van der Waals surface area contributed by atoms with Crippen molar-refractivity contribution in [2.45, 2.75) is 6.61 Å². The van der Waals surface area contributed by atoms with Crippen molar-refractivity contribution in [1.82, 2.24) is 0 Å². The Labute approximate surface area is 228 Å². The molecule has 0 radical (unpaired) electrons. The van der Waals surface area contributed by atoms with E-state index in [2.05, 4.69) is 15.9 Å². The number of thiocarbonyl (C=S) groups is 1. The van der Waals surface area contributed by atoms with Crippen LogP contribution in [-0.2, 0) is 16.2 Å². The van der Waals surface area contributed by atoms with Gasteiger partial charge in [0, 0.05) is 10.0 Å². The van der Waals surface area contributed by atoms with Crippen LogP contribution in [0.2, 0.25) is 0 Å². The summed E-state index contributed by atoms with van der Waals surface area (Å²) < 4.78 is 7.07. The van der Waals surface area contributed by atoms with Crippen LogP contribution in [0.25, 0.3) is 6.08 Å². The number of para-hydroxylation sites is 3.